The van der Waals surface area contributed by atoms with Crippen molar-refractivity contribution in [2.75, 3.05) is 14.2 Å². The van der Waals surface area contributed by atoms with Crippen LogP contribution in [0.1, 0.15) is 58.3 Å². The van der Waals surface area contributed by atoms with E-state index in [1.165, 1.54) is 51.4 Å². The molecule has 0 aromatic rings. The first-order chi connectivity index (χ1) is 10.8. The minimum absolute atomic E-state index is 0.0848. The molecule has 4 nitrogen and oxygen atoms in total. The smallest absolute Gasteiger partial charge is 0.153 e. The van der Waals surface area contributed by atoms with Crippen molar-refractivity contribution in [1.29, 1.82) is 0 Å². The fourth-order valence-corrected chi connectivity index (χ4v) is 5.28. The van der Waals surface area contributed by atoms with Crippen LogP contribution in [-0.4, -0.2) is 20.2 Å². The molecule has 22 heavy (non-hydrogen) atoms. The maximum absolute atomic E-state index is 11.0. The van der Waals surface area contributed by atoms with Crippen LogP contribution >= 0.6 is 0 Å². The number of carbonyl (C=O) groups excluding carboxylic acids is 1. The number of carbonyl (C=O) groups is 1. The Morgan fingerprint density at radius 3 is 2.36 bits per heavy atom. The van der Waals surface area contributed by atoms with Crippen LogP contribution in [0.3, 0.4) is 0 Å². The standard InChI is InChI=1S/C13H17.C2H4O2.2CH3O.Ti/c1-3-7-12-10(5-1)9-11-6-2-4-8-13(11)12;1-2(3)4;2*1-2;/h5H,1-4,6-9H2;1H3,(H,3,4);2*1H3;/q;;2*-1;+3/p-1. The summed E-state index contributed by atoms with van der Waals surface area (Å²) < 4.78 is 6.00. The second-order valence-electron chi connectivity index (χ2n) is 5.63. The van der Waals surface area contributed by atoms with Crippen LogP contribution < -0.4 is 10.2 Å². The Labute approximate surface area is 143 Å². The predicted octanol–water partition coefficient (Wildman–Crippen LogP) is 2.04. The average Bonchev–Trinajstić information content (AvgIpc) is 2.96. The Kier molecular flexibility index (Phi) is 9.26. The zero-order chi connectivity index (χ0) is 16.5. The van der Waals surface area contributed by atoms with Gasteiger partial charge in [0, 0.05) is 0 Å². The first-order valence-electron chi connectivity index (χ1n) is 7.93. The van der Waals surface area contributed by atoms with Gasteiger partial charge in [0.2, 0.25) is 0 Å². The first kappa shape index (κ1) is 19.6. The third kappa shape index (κ3) is 4.79. The van der Waals surface area contributed by atoms with Crippen LogP contribution in [0.2, 0.25) is 4.22 Å². The van der Waals surface area contributed by atoms with Gasteiger partial charge in [-0.1, -0.05) is 0 Å². The van der Waals surface area contributed by atoms with Gasteiger partial charge in [-0.15, -0.1) is 0 Å². The molecule has 0 amide bonds. The van der Waals surface area contributed by atoms with Crippen molar-refractivity contribution >= 4 is 5.97 Å². The summed E-state index contributed by atoms with van der Waals surface area (Å²) in [6, 6.07) is 0. The van der Waals surface area contributed by atoms with Crippen molar-refractivity contribution in [2.24, 2.45) is 0 Å². The second-order valence-corrected chi connectivity index (χ2v) is 7.40. The molecule has 3 rings (SSSR count). The SMILES string of the molecule is CC(=O)[O][Ti+2][CH]1CCCC2=C1CC1=C2CCCC1.C[O-].C[O-]. The zero-order valence-corrected chi connectivity index (χ0v) is 15.4. The van der Waals surface area contributed by atoms with Gasteiger partial charge < -0.3 is 10.2 Å². The molecule has 0 aromatic carbocycles. The summed E-state index contributed by atoms with van der Waals surface area (Å²) >= 11 is -0.575. The molecule has 5 heteroatoms. The summed E-state index contributed by atoms with van der Waals surface area (Å²) in [5.41, 5.74) is 6.81. The summed E-state index contributed by atoms with van der Waals surface area (Å²) in [4.78, 5) is 11.0. The van der Waals surface area contributed by atoms with Crippen LogP contribution in [0.4, 0.5) is 0 Å². The molecule has 3 aliphatic carbocycles. The normalized spacial score (nSPS) is 22.3. The summed E-state index contributed by atoms with van der Waals surface area (Å²) in [6.45, 7) is 1.54. The Morgan fingerprint density at radius 1 is 1.05 bits per heavy atom. The molecule has 0 spiro atoms. The number of allylic oxidation sites excluding steroid dienone is 4. The minimum atomic E-state index is -0.575. The van der Waals surface area contributed by atoms with E-state index in [2.05, 4.69) is 0 Å². The van der Waals surface area contributed by atoms with E-state index < -0.39 is 19.5 Å². The first-order valence-corrected chi connectivity index (χ1v) is 9.47. The predicted molar refractivity (Wildman–Crippen MR) is 78.4 cm³/mol. The van der Waals surface area contributed by atoms with Crippen molar-refractivity contribution in [3.05, 3.63) is 22.3 Å². The van der Waals surface area contributed by atoms with Gasteiger partial charge >= 0.3 is 118 Å². The van der Waals surface area contributed by atoms with Gasteiger partial charge in [0.1, 0.15) is 0 Å². The van der Waals surface area contributed by atoms with Crippen molar-refractivity contribution in [3.8, 4) is 0 Å². The zero-order valence-electron chi connectivity index (χ0n) is 13.9. The number of hydrogen-bond donors (Lipinski definition) is 0. The van der Waals surface area contributed by atoms with E-state index in [4.69, 9.17) is 13.5 Å². The van der Waals surface area contributed by atoms with E-state index in [-0.39, 0.29) is 5.97 Å². The van der Waals surface area contributed by atoms with Gasteiger partial charge in [0.15, 0.2) is 0 Å². The van der Waals surface area contributed by atoms with E-state index >= 15 is 0 Å². The van der Waals surface area contributed by atoms with Crippen LogP contribution in [0.15, 0.2) is 22.3 Å². The maximum Gasteiger partial charge on any atom is -0.153 e. The molecule has 3 aliphatic rings. The largest absolute Gasteiger partial charge is 0.857 e. The van der Waals surface area contributed by atoms with E-state index in [9.17, 15) is 4.79 Å². The molecule has 122 valence electrons. The van der Waals surface area contributed by atoms with Gasteiger partial charge in [-0.05, 0) is 0 Å². The molecule has 1 unspecified atom stereocenters. The molecule has 0 aliphatic heterocycles. The summed E-state index contributed by atoms with van der Waals surface area (Å²) in [5, 5.41) is 16.5. The van der Waals surface area contributed by atoms with E-state index in [0.29, 0.717) is 4.22 Å². The van der Waals surface area contributed by atoms with Crippen LogP contribution in [0.25, 0.3) is 0 Å². The summed E-state index contributed by atoms with van der Waals surface area (Å²) in [6.07, 6.45) is 10.5. The van der Waals surface area contributed by atoms with Gasteiger partial charge in [-0.3, -0.25) is 0 Å². The molecule has 0 heterocycles. The fourth-order valence-electron chi connectivity index (χ4n) is 3.64. The number of fused-ring (bicyclic) bond motifs is 1. The Balaban J connectivity index is 0.000000561. The fraction of sp³-hybridized carbons (Fsp3) is 0.706. The van der Waals surface area contributed by atoms with Gasteiger partial charge in [0.05, 0.1) is 0 Å². The Hall–Kier alpha value is -0.416. The third-order valence-corrected chi connectivity index (χ3v) is 6.50. The molecule has 0 aromatic heterocycles. The topological polar surface area (TPSA) is 72.4 Å². The van der Waals surface area contributed by atoms with E-state index in [1.54, 1.807) is 29.2 Å². The second kappa shape index (κ2) is 10.4. The minimum Gasteiger partial charge on any atom is -0.857 e. The van der Waals surface area contributed by atoms with Crippen molar-refractivity contribution in [1.82, 2.24) is 0 Å². The molecular formula is C17H26O4Ti. The van der Waals surface area contributed by atoms with Gasteiger partial charge in [-0.2, -0.15) is 14.2 Å². The molecule has 0 saturated carbocycles. The quantitative estimate of drug-likeness (QED) is 0.720. The molecule has 0 fully saturated rings. The van der Waals surface area contributed by atoms with Gasteiger partial charge in [-0.25, -0.2) is 0 Å². The molecule has 0 bridgehead atoms. The van der Waals surface area contributed by atoms with E-state index in [0.717, 1.165) is 14.2 Å². The number of rotatable bonds is 2. The van der Waals surface area contributed by atoms with Gasteiger partial charge in [0.25, 0.3) is 0 Å². The van der Waals surface area contributed by atoms with Crippen molar-refractivity contribution in [2.45, 2.75) is 62.5 Å². The molecular weight excluding hydrogens is 316 g/mol. The summed E-state index contributed by atoms with van der Waals surface area (Å²) in [7, 11) is 1.50. The average molecular weight is 342 g/mol. The molecule has 0 saturated heterocycles. The van der Waals surface area contributed by atoms with Crippen molar-refractivity contribution < 1.29 is 37.9 Å². The number of hydrogen-bond acceptors (Lipinski definition) is 4. The summed E-state index contributed by atoms with van der Waals surface area (Å²) in [5.74, 6) is -0.0848. The van der Waals surface area contributed by atoms with Crippen LogP contribution in [-0.2, 0) is 27.7 Å². The molecule has 0 N–H and O–H groups in total. The molecule has 0 radical (unpaired) electrons. The Bertz CT molecular complexity index is 440. The molecule has 1 atom stereocenters. The third-order valence-electron chi connectivity index (χ3n) is 4.42. The maximum atomic E-state index is 11.0. The van der Waals surface area contributed by atoms with Crippen LogP contribution in [0.5, 0.6) is 0 Å². The Morgan fingerprint density at radius 2 is 1.68 bits per heavy atom. The monoisotopic (exact) mass is 342 g/mol. The van der Waals surface area contributed by atoms with E-state index in [1.807, 2.05) is 0 Å². The van der Waals surface area contributed by atoms with Crippen LogP contribution in [0, 0.1) is 0 Å². The van der Waals surface area contributed by atoms with Crippen molar-refractivity contribution in [3.63, 3.8) is 0 Å².